The minimum Gasteiger partial charge on any atom is -0.444 e. The van der Waals surface area contributed by atoms with Gasteiger partial charge in [-0.15, -0.1) is 0 Å². The smallest absolute Gasteiger partial charge is 0.410 e. The summed E-state index contributed by atoms with van der Waals surface area (Å²) in [4.78, 5) is 32.0. The zero-order chi connectivity index (χ0) is 18.2. The van der Waals surface area contributed by atoms with Gasteiger partial charge in [0, 0.05) is 26.2 Å². The van der Waals surface area contributed by atoms with Crippen molar-refractivity contribution in [2.45, 2.75) is 52.1 Å². The molecular formula is C17H26N4O4. The highest BCUT2D eigenvalue weighted by molar-refractivity contribution is 5.89. The van der Waals surface area contributed by atoms with Gasteiger partial charge in [0.2, 0.25) is 0 Å². The molecular weight excluding hydrogens is 324 g/mol. The number of nitrogens with zero attached hydrogens (tertiary/aromatic N) is 4. The summed E-state index contributed by atoms with van der Waals surface area (Å²) in [6, 6.07) is 0. The molecule has 1 unspecified atom stereocenters. The van der Waals surface area contributed by atoms with Crippen LogP contribution in [-0.2, 0) is 4.74 Å². The van der Waals surface area contributed by atoms with Crippen LogP contribution < -0.4 is 0 Å². The number of ether oxygens (including phenoxy) is 1. The average Bonchev–Trinajstić information content (AvgIpc) is 2.92. The highest BCUT2D eigenvalue weighted by Gasteiger charge is 2.38. The third-order valence-electron chi connectivity index (χ3n) is 4.47. The molecule has 2 saturated heterocycles. The lowest BCUT2D eigenvalue weighted by atomic mass is 10.00. The minimum absolute atomic E-state index is 0.0157. The van der Waals surface area contributed by atoms with E-state index in [9.17, 15) is 9.59 Å². The Hall–Kier alpha value is -2.12. The van der Waals surface area contributed by atoms with Crippen LogP contribution in [0.4, 0.5) is 4.79 Å². The summed E-state index contributed by atoms with van der Waals surface area (Å²) in [5.41, 5.74) is -0.514. The Balaban J connectivity index is 1.55. The number of amides is 2. The molecule has 2 fully saturated rings. The lowest BCUT2D eigenvalue weighted by molar-refractivity contribution is 0.00733. The SMILES string of the molecule is CC1CCCN(C(=O)c2nc(C3CN(C(=O)OC(C)(C)C)C3)no2)C1. The Morgan fingerprint density at radius 1 is 1.20 bits per heavy atom. The van der Waals surface area contributed by atoms with Crippen molar-refractivity contribution >= 4 is 12.0 Å². The standard InChI is InChI=1S/C17H26N4O4/c1-11-6-5-7-20(8-11)15(22)14-18-13(19-25-14)12-9-21(10-12)16(23)24-17(2,3)4/h11-12H,5-10H2,1-4H3. The van der Waals surface area contributed by atoms with Crippen molar-refractivity contribution in [1.29, 1.82) is 0 Å². The van der Waals surface area contributed by atoms with Gasteiger partial charge in [-0.2, -0.15) is 4.98 Å². The van der Waals surface area contributed by atoms with Gasteiger partial charge in [-0.05, 0) is 39.5 Å². The maximum absolute atomic E-state index is 12.5. The van der Waals surface area contributed by atoms with Crippen LogP contribution in [-0.4, -0.2) is 63.7 Å². The van der Waals surface area contributed by atoms with Crippen LogP contribution in [0, 0.1) is 5.92 Å². The van der Waals surface area contributed by atoms with E-state index in [0.29, 0.717) is 24.8 Å². The number of piperidine rings is 1. The van der Waals surface area contributed by atoms with Gasteiger partial charge < -0.3 is 19.1 Å². The van der Waals surface area contributed by atoms with Crippen LogP contribution in [0.3, 0.4) is 0 Å². The first-order chi connectivity index (χ1) is 11.7. The van der Waals surface area contributed by atoms with E-state index in [2.05, 4.69) is 17.1 Å². The third kappa shape index (κ3) is 4.11. The highest BCUT2D eigenvalue weighted by Crippen LogP contribution is 2.27. The van der Waals surface area contributed by atoms with Crippen LogP contribution in [0.15, 0.2) is 4.52 Å². The molecule has 0 bridgehead atoms. The van der Waals surface area contributed by atoms with E-state index in [0.717, 1.165) is 25.9 Å². The molecule has 0 spiro atoms. The van der Waals surface area contributed by atoms with Crippen molar-refractivity contribution < 1.29 is 18.8 Å². The summed E-state index contributed by atoms with van der Waals surface area (Å²) in [6.07, 6.45) is 1.80. The largest absolute Gasteiger partial charge is 0.444 e. The number of aromatic nitrogens is 2. The van der Waals surface area contributed by atoms with Crippen LogP contribution in [0.25, 0.3) is 0 Å². The Morgan fingerprint density at radius 3 is 2.56 bits per heavy atom. The average molecular weight is 350 g/mol. The van der Waals surface area contributed by atoms with Crippen molar-refractivity contribution in [3.8, 4) is 0 Å². The lowest BCUT2D eigenvalue weighted by Gasteiger charge is -2.38. The molecule has 1 aromatic rings. The fourth-order valence-corrected chi connectivity index (χ4v) is 3.11. The molecule has 3 heterocycles. The second-order valence-electron chi connectivity index (χ2n) is 8.04. The molecule has 1 atom stereocenters. The van der Waals surface area contributed by atoms with Gasteiger partial charge in [-0.25, -0.2) is 4.79 Å². The normalized spacial score (nSPS) is 21.8. The van der Waals surface area contributed by atoms with Crippen molar-refractivity contribution in [2.24, 2.45) is 5.92 Å². The maximum Gasteiger partial charge on any atom is 0.410 e. The number of carbonyl (C=O) groups is 2. The summed E-state index contributed by atoms with van der Waals surface area (Å²) in [5, 5.41) is 3.93. The van der Waals surface area contributed by atoms with Gasteiger partial charge in [0.15, 0.2) is 5.82 Å². The minimum atomic E-state index is -0.514. The van der Waals surface area contributed by atoms with Crippen LogP contribution in [0.2, 0.25) is 0 Å². The summed E-state index contributed by atoms with van der Waals surface area (Å²) in [6.45, 7) is 10.1. The molecule has 0 aliphatic carbocycles. The third-order valence-corrected chi connectivity index (χ3v) is 4.47. The van der Waals surface area contributed by atoms with Gasteiger partial charge in [0.05, 0.1) is 5.92 Å². The Kier molecular flexibility index (Phi) is 4.71. The summed E-state index contributed by atoms with van der Waals surface area (Å²) >= 11 is 0. The number of hydrogen-bond donors (Lipinski definition) is 0. The maximum atomic E-state index is 12.5. The molecule has 0 saturated carbocycles. The Labute approximate surface area is 147 Å². The molecule has 2 aliphatic rings. The highest BCUT2D eigenvalue weighted by atomic mass is 16.6. The number of carbonyl (C=O) groups excluding carboxylic acids is 2. The zero-order valence-corrected chi connectivity index (χ0v) is 15.3. The molecule has 0 aromatic carbocycles. The molecule has 8 nitrogen and oxygen atoms in total. The zero-order valence-electron chi connectivity index (χ0n) is 15.3. The van der Waals surface area contributed by atoms with Gasteiger partial charge in [0.25, 0.3) is 0 Å². The summed E-state index contributed by atoms with van der Waals surface area (Å²) in [7, 11) is 0. The monoisotopic (exact) mass is 350 g/mol. The Morgan fingerprint density at radius 2 is 1.92 bits per heavy atom. The fourth-order valence-electron chi connectivity index (χ4n) is 3.11. The van der Waals surface area contributed by atoms with Crippen LogP contribution >= 0.6 is 0 Å². The van der Waals surface area contributed by atoms with Crippen LogP contribution in [0.1, 0.15) is 63.0 Å². The van der Waals surface area contributed by atoms with E-state index in [1.807, 2.05) is 20.8 Å². The first kappa shape index (κ1) is 17.7. The van der Waals surface area contributed by atoms with E-state index in [-0.39, 0.29) is 23.8 Å². The van der Waals surface area contributed by atoms with E-state index < -0.39 is 5.60 Å². The Bertz CT molecular complexity index is 645. The molecule has 0 radical (unpaired) electrons. The predicted octanol–water partition coefficient (Wildman–Crippen LogP) is 2.28. The number of rotatable bonds is 2. The predicted molar refractivity (Wildman–Crippen MR) is 89.1 cm³/mol. The van der Waals surface area contributed by atoms with Crippen molar-refractivity contribution in [3.63, 3.8) is 0 Å². The quantitative estimate of drug-likeness (QED) is 0.813. The van der Waals surface area contributed by atoms with E-state index in [1.165, 1.54) is 0 Å². The van der Waals surface area contributed by atoms with E-state index >= 15 is 0 Å². The molecule has 2 aliphatic heterocycles. The molecule has 138 valence electrons. The van der Waals surface area contributed by atoms with Crippen molar-refractivity contribution in [1.82, 2.24) is 19.9 Å². The second-order valence-corrected chi connectivity index (χ2v) is 8.04. The van der Waals surface area contributed by atoms with Crippen molar-refractivity contribution in [2.75, 3.05) is 26.2 Å². The number of likely N-dealkylation sites (tertiary alicyclic amines) is 2. The first-order valence-electron chi connectivity index (χ1n) is 8.84. The van der Waals surface area contributed by atoms with E-state index in [1.54, 1.807) is 9.80 Å². The lowest BCUT2D eigenvalue weighted by Crippen LogP contribution is -2.50. The van der Waals surface area contributed by atoms with Gasteiger partial charge in [-0.1, -0.05) is 12.1 Å². The molecule has 25 heavy (non-hydrogen) atoms. The molecule has 2 amide bonds. The topological polar surface area (TPSA) is 88.8 Å². The van der Waals surface area contributed by atoms with E-state index in [4.69, 9.17) is 9.26 Å². The van der Waals surface area contributed by atoms with Gasteiger partial charge in [0.1, 0.15) is 5.60 Å². The molecule has 0 N–H and O–H groups in total. The molecule has 8 heteroatoms. The van der Waals surface area contributed by atoms with Crippen LogP contribution in [0.5, 0.6) is 0 Å². The van der Waals surface area contributed by atoms with Crippen molar-refractivity contribution in [3.05, 3.63) is 11.7 Å². The second kappa shape index (κ2) is 6.65. The molecule has 3 rings (SSSR count). The fraction of sp³-hybridized carbons (Fsp3) is 0.765. The number of hydrogen-bond acceptors (Lipinski definition) is 6. The molecule has 1 aromatic heterocycles. The van der Waals surface area contributed by atoms with Gasteiger partial charge in [-0.3, -0.25) is 4.79 Å². The summed E-state index contributed by atoms with van der Waals surface area (Å²) in [5.74, 6) is 0.800. The first-order valence-corrected chi connectivity index (χ1v) is 8.84. The summed E-state index contributed by atoms with van der Waals surface area (Å²) < 4.78 is 10.5. The van der Waals surface area contributed by atoms with Gasteiger partial charge >= 0.3 is 17.9 Å².